The molecule has 2 aliphatic heterocycles. The van der Waals surface area contributed by atoms with Gasteiger partial charge in [0, 0.05) is 38.1 Å². The van der Waals surface area contributed by atoms with Crippen LogP contribution in [0.5, 0.6) is 0 Å². The Morgan fingerprint density at radius 2 is 2.13 bits per heavy atom. The van der Waals surface area contributed by atoms with E-state index in [0.717, 1.165) is 13.1 Å². The molecule has 1 N–H and O–H groups in total. The van der Waals surface area contributed by atoms with Gasteiger partial charge in [0.2, 0.25) is 5.89 Å². The van der Waals surface area contributed by atoms with Gasteiger partial charge in [-0.05, 0) is 19.8 Å². The van der Waals surface area contributed by atoms with Gasteiger partial charge in [-0.3, -0.25) is 14.6 Å². The van der Waals surface area contributed by atoms with Crippen molar-refractivity contribution in [2.45, 2.75) is 45.2 Å². The highest BCUT2D eigenvalue weighted by molar-refractivity contribution is 5.77. The summed E-state index contributed by atoms with van der Waals surface area (Å²) in [6.45, 7) is 5.34. The molecule has 2 saturated heterocycles. The largest absolute Gasteiger partial charge is 0.481 e. The smallest absolute Gasteiger partial charge is 0.312 e. The van der Waals surface area contributed by atoms with Crippen LogP contribution in [-0.4, -0.2) is 63.2 Å². The third-order valence-electron chi connectivity index (χ3n) is 5.90. The third-order valence-corrected chi connectivity index (χ3v) is 5.90. The zero-order valence-corrected chi connectivity index (χ0v) is 13.6. The Bertz CT molecular complexity index is 598. The third kappa shape index (κ3) is 2.55. The van der Waals surface area contributed by atoms with Gasteiger partial charge < -0.3 is 9.63 Å². The first-order chi connectivity index (χ1) is 11.1. The average molecular weight is 320 g/mol. The van der Waals surface area contributed by atoms with Crippen molar-refractivity contribution < 1.29 is 14.4 Å². The van der Waals surface area contributed by atoms with E-state index in [4.69, 9.17) is 4.52 Å². The first-order valence-electron chi connectivity index (χ1n) is 8.56. The molecule has 23 heavy (non-hydrogen) atoms. The number of rotatable bonds is 4. The minimum absolute atomic E-state index is 0.199. The fourth-order valence-corrected chi connectivity index (χ4v) is 4.77. The molecular formula is C16H24N4O3. The summed E-state index contributed by atoms with van der Waals surface area (Å²) in [5.41, 5.74) is -0.627. The summed E-state index contributed by atoms with van der Waals surface area (Å²) in [4.78, 5) is 20.9. The molecule has 3 aliphatic rings. The van der Waals surface area contributed by atoms with Gasteiger partial charge in [0.05, 0.1) is 12.0 Å². The van der Waals surface area contributed by atoms with Crippen molar-refractivity contribution in [1.82, 2.24) is 19.9 Å². The number of fused-ring (bicyclic) bond motifs is 1. The van der Waals surface area contributed by atoms with Crippen molar-refractivity contribution in [3.8, 4) is 0 Å². The van der Waals surface area contributed by atoms with Crippen molar-refractivity contribution in [3.63, 3.8) is 0 Å². The van der Waals surface area contributed by atoms with Gasteiger partial charge in [0.15, 0.2) is 5.82 Å². The van der Waals surface area contributed by atoms with Crippen LogP contribution in [0.1, 0.15) is 37.4 Å². The number of aromatic nitrogens is 2. The summed E-state index contributed by atoms with van der Waals surface area (Å²) in [5.74, 6) is 0.757. The minimum Gasteiger partial charge on any atom is -0.481 e. The van der Waals surface area contributed by atoms with Gasteiger partial charge in [0.1, 0.15) is 0 Å². The molecule has 0 amide bonds. The highest BCUT2D eigenvalue weighted by atomic mass is 16.5. The maximum absolute atomic E-state index is 12.1. The number of likely N-dealkylation sites (tertiary alicyclic amines) is 2. The van der Waals surface area contributed by atoms with Crippen LogP contribution in [0.4, 0.5) is 0 Å². The van der Waals surface area contributed by atoms with Gasteiger partial charge in [0.25, 0.3) is 0 Å². The lowest BCUT2D eigenvalue weighted by atomic mass is 9.81. The summed E-state index contributed by atoms with van der Waals surface area (Å²) in [7, 11) is 0. The standard InChI is InChI=1S/C16H24N4O3/c1-11-17-14(23-18-11)8-19-6-12-7-20(13-4-2-3-5-13)10-16(12,9-19)15(21)22/h12-13H,2-10H2,1H3,(H,21,22)/t12-,16-/m1/s1. The van der Waals surface area contributed by atoms with Gasteiger partial charge in [-0.25, -0.2) is 0 Å². The number of carboxylic acid groups (broad SMARTS) is 1. The zero-order chi connectivity index (χ0) is 16.0. The van der Waals surface area contributed by atoms with E-state index < -0.39 is 11.4 Å². The molecule has 2 atom stereocenters. The molecule has 0 spiro atoms. The van der Waals surface area contributed by atoms with Crippen LogP contribution in [0.3, 0.4) is 0 Å². The predicted octanol–water partition coefficient (Wildman–Crippen LogP) is 1.14. The van der Waals surface area contributed by atoms with E-state index in [1.807, 2.05) is 0 Å². The second-order valence-electron chi connectivity index (χ2n) is 7.43. The highest BCUT2D eigenvalue weighted by Crippen LogP contribution is 2.45. The molecule has 1 aromatic heterocycles. The summed E-state index contributed by atoms with van der Waals surface area (Å²) in [5, 5.41) is 13.7. The molecule has 7 heteroatoms. The first kappa shape index (κ1) is 15.1. The molecule has 1 aliphatic carbocycles. The Kier molecular flexibility index (Phi) is 3.65. The summed E-state index contributed by atoms with van der Waals surface area (Å²) >= 11 is 0. The van der Waals surface area contributed by atoms with Crippen LogP contribution >= 0.6 is 0 Å². The minimum atomic E-state index is -0.646. The second-order valence-corrected chi connectivity index (χ2v) is 7.43. The van der Waals surface area contributed by atoms with E-state index in [2.05, 4.69) is 19.9 Å². The molecule has 3 fully saturated rings. The number of nitrogens with zero attached hydrogens (tertiary/aromatic N) is 4. The van der Waals surface area contributed by atoms with Crippen LogP contribution in [-0.2, 0) is 11.3 Å². The molecule has 4 rings (SSSR count). The monoisotopic (exact) mass is 320 g/mol. The Hall–Kier alpha value is -1.47. The van der Waals surface area contributed by atoms with Crippen molar-refractivity contribution in [3.05, 3.63) is 11.7 Å². The van der Waals surface area contributed by atoms with Crippen molar-refractivity contribution in [2.24, 2.45) is 11.3 Å². The lowest BCUT2D eigenvalue weighted by molar-refractivity contribution is -0.149. The van der Waals surface area contributed by atoms with Crippen LogP contribution in [0.25, 0.3) is 0 Å². The number of hydrogen-bond acceptors (Lipinski definition) is 6. The quantitative estimate of drug-likeness (QED) is 0.890. The number of aliphatic carboxylic acids is 1. The molecule has 1 saturated carbocycles. The highest BCUT2D eigenvalue weighted by Gasteiger charge is 2.58. The Labute approximate surface area is 135 Å². The first-order valence-corrected chi connectivity index (χ1v) is 8.56. The van der Waals surface area contributed by atoms with Crippen molar-refractivity contribution >= 4 is 5.97 Å². The van der Waals surface area contributed by atoms with Crippen LogP contribution < -0.4 is 0 Å². The average Bonchev–Trinajstić information content (AvgIpc) is 3.21. The number of carbonyl (C=O) groups is 1. The van der Waals surface area contributed by atoms with Gasteiger partial charge in [-0.15, -0.1) is 0 Å². The SMILES string of the molecule is Cc1noc(CN2C[C@@H]3CN(C4CCCC4)C[C@]3(C(=O)O)C2)n1. The fraction of sp³-hybridized carbons (Fsp3) is 0.812. The molecular weight excluding hydrogens is 296 g/mol. The fourth-order valence-electron chi connectivity index (χ4n) is 4.77. The predicted molar refractivity (Wildman–Crippen MR) is 81.7 cm³/mol. The number of aryl methyl sites for hydroxylation is 1. The van der Waals surface area contributed by atoms with E-state index >= 15 is 0 Å². The molecule has 126 valence electrons. The van der Waals surface area contributed by atoms with Gasteiger partial charge in [-0.2, -0.15) is 4.98 Å². The number of hydrogen-bond donors (Lipinski definition) is 1. The molecule has 0 radical (unpaired) electrons. The Balaban J connectivity index is 1.47. The van der Waals surface area contributed by atoms with E-state index in [1.54, 1.807) is 6.92 Å². The Morgan fingerprint density at radius 3 is 2.74 bits per heavy atom. The summed E-state index contributed by atoms with van der Waals surface area (Å²) in [6, 6.07) is 0.601. The van der Waals surface area contributed by atoms with Gasteiger partial charge in [-0.1, -0.05) is 18.0 Å². The van der Waals surface area contributed by atoms with Crippen LogP contribution in [0.2, 0.25) is 0 Å². The van der Waals surface area contributed by atoms with Gasteiger partial charge >= 0.3 is 5.97 Å². The van der Waals surface area contributed by atoms with Crippen molar-refractivity contribution in [1.29, 1.82) is 0 Å². The maximum Gasteiger partial charge on any atom is 0.312 e. The van der Waals surface area contributed by atoms with Crippen molar-refractivity contribution in [2.75, 3.05) is 26.2 Å². The van der Waals surface area contributed by atoms with Crippen LogP contribution in [0.15, 0.2) is 4.52 Å². The van der Waals surface area contributed by atoms with E-state index in [1.165, 1.54) is 25.7 Å². The summed E-state index contributed by atoms with van der Waals surface area (Å²) < 4.78 is 5.18. The molecule has 1 aromatic rings. The molecule has 0 unspecified atom stereocenters. The maximum atomic E-state index is 12.1. The van der Waals surface area contributed by atoms with Crippen LogP contribution in [0, 0.1) is 18.3 Å². The lowest BCUT2D eigenvalue weighted by Crippen LogP contribution is -2.42. The molecule has 0 aromatic carbocycles. The lowest BCUT2D eigenvalue weighted by Gasteiger charge is -2.28. The van der Waals surface area contributed by atoms with E-state index in [-0.39, 0.29) is 5.92 Å². The Morgan fingerprint density at radius 1 is 1.35 bits per heavy atom. The van der Waals surface area contributed by atoms with E-state index in [9.17, 15) is 9.90 Å². The topological polar surface area (TPSA) is 82.7 Å². The zero-order valence-electron chi connectivity index (χ0n) is 13.6. The molecule has 7 nitrogen and oxygen atoms in total. The molecule has 0 bridgehead atoms. The summed E-state index contributed by atoms with van der Waals surface area (Å²) in [6.07, 6.45) is 5.03. The number of carboxylic acids is 1. The normalized spacial score (nSPS) is 32.7. The molecule has 3 heterocycles. The second kappa shape index (κ2) is 5.56. The van der Waals surface area contributed by atoms with E-state index in [0.29, 0.717) is 37.4 Å².